The summed E-state index contributed by atoms with van der Waals surface area (Å²) in [6.07, 6.45) is 0. The van der Waals surface area contributed by atoms with Crippen molar-refractivity contribution in [2.24, 2.45) is 0 Å². The molecular weight excluding hydrogens is 112 g/mol. The summed E-state index contributed by atoms with van der Waals surface area (Å²) < 4.78 is 0. The van der Waals surface area contributed by atoms with Gasteiger partial charge in [0.15, 0.2) is 12.4 Å². The van der Waals surface area contributed by atoms with Crippen molar-refractivity contribution in [1.82, 2.24) is 0 Å². The lowest BCUT2D eigenvalue weighted by molar-refractivity contribution is -0.296. The summed E-state index contributed by atoms with van der Waals surface area (Å²) in [5.41, 5.74) is 0. The van der Waals surface area contributed by atoms with Crippen LogP contribution in [0.25, 0.3) is 0 Å². The van der Waals surface area contributed by atoms with Gasteiger partial charge in [0.25, 0.3) is 0 Å². The van der Waals surface area contributed by atoms with E-state index in [9.17, 15) is 14.8 Å². The largest absolute Gasteiger partial charge is 0.291 e. The molecule has 0 aliphatic heterocycles. The first-order valence-corrected chi connectivity index (χ1v) is 1.97. The maximum Gasteiger partial charge on any atom is 0.227 e. The van der Waals surface area contributed by atoms with Gasteiger partial charge in [0.2, 0.25) is 5.78 Å². The van der Waals surface area contributed by atoms with Crippen LogP contribution in [0.4, 0.5) is 0 Å². The van der Waals surface area contributed by atoms with Gasteiger partial charge in [-0.2, -0.15) is 4.89 Å². The standard InChI is InChI=1S/C4H5O4/c1-3(5)4(6)2-8-7/h2H2,1H3. The lowest BCUT2D eigenvalue weighted by Gasteiger charge is -1.85. The van der Waals surface area contributed by atoms with E-state index in [2.05, 4.69) is 4.89 Å². The third-order valence-electron chi connectivity index (χ3n) is 0.583. The molecule has 0 spiro atoms. The number of carbonyl (C=O) groups excluding carboxylic acids is 2. The summed E-state index contributed by atoms with van der Waals surface area (Å²) in [4.78, 5) is 23.2. The van der Waals surface area contributed by atoms with Gasteiger partial charge in [-0.05, 0) is 5.26 Å². The van der Waals surface area contributed by atoms with Gasteiger partial charge < -0.3 is 0 Å². The summed E-state index contributed by atoms with van der Waals surface area (Å²) in [6, 6.07) is 0. The number of hydrogen-bond donors (Lipinski definition) is 0. The van der Waals surface area contributed by atoms with Gasteiger partial charge in [-0.3, -0.25) is 9.59 Å². The molecular formula is C4H5O4. The zero-order chi connectivity index (χ0) is 6.57. The normalized spacial score (nSPS) is 8.75. The fraction of sp³-hybridized carbons (Fsp3) is 0.500. The van der Waals surface area contributed by atoms with Crippen molar-refractivity contribution in [3.63, 3.8) is 0 Å². The SMILES string of the molecule is CC(=O)C(=O)CO[O]. The molecule has 0 aliphatic rings. The van der Waals surface area contributed by atoms with E-state index in [1.54, 1.807) is 0 Å². The van der Waals surface area contributed by atoms with E-state index in [1.165, 1.54) is 0 Å². The molecule has 4 heteroatoms. The lowest BCUT2D eigenvalue weighted by Crippen LogP contribution is -2.14. The summed E-state index contributed by atoms with van der Waals surface area (Å²) in [5, 5.41) is 9.17. The summed E-state index contributed by atoms with van der Waals surface area (Å²) in [7, 11) is 0. The Bertz CT molecular complexity index is 107. The van der Waals surface area contributed by atoms with Crippen LogP contribution in [0.15, 0.2) is 0 Å². The molecule has 0 aromatic heterocycles. The molecule has 0 aromatic rings. The van der Waals surface area contributed by atoms with E-state index >= 15 is 0 Å². The quantitative estimate of drug-likeness (QED) is 0.284. The minimum atomic E-state index is -0.792. The topological polar surface area (TPSA) is 63.3 Å². The lowest BCUT2D eigenvalue weighted by atomic mass is 10.3. The number of hydrogen-bond acceptors (Lipinski definition) is 3. The van der Waals surface area contributed by atoms with Gasteiger partial charge in [0, 0.05) is 6.92 Å². The number of Topliss-reactive ketones (excluding diaryl/α,β-unsaturated/α-hetero) is 2. The molecule has 0 aliphatic carbocycles. The van der Waals surface area contributed by atoms with Crippen LogP contribution in [0.3, 0.4) is 0 Å². The van der Waals surface area contributed by atoms with E-state index in [1.807, 2.05) is 0 Å². The Morgan fingerprint density at radius 1 is 1.50 bits per heavy atom. The van der Waals surface area contributed by atoms with Crippen molar-refractivity contribution in [2.75, 3.05) is 6.61 Å². The van der Waals surface area contributed by atoms with Crippen LogP contribution < -0.4 is 0 Å². The second-order valence-electron chi connectivity index (χ2n) is 1.24. The van der Waals surface area contributed by atoms with Crippen LogP contribution in [-0.4, -0.2) is 18.2 Å². The van der Waals surface area contributed by atoms with Crippen molar-refractivity contribution in [1.29, 1.82) is 0 Å². The molecule has 0 N–H and O–H groups in total. The van der Waals surface area contributed by atoms with Crippen molar-refractivity contribution in [3.05, 3.63) is 0 Å². The van der Waals surface area contributed by atoms with Crippen LogP contribution in [0, 0.1) is 0 Å². The van der Waals surface area contributed by atoms with Gasteiger partial charge in [-0.25, -0.2) is 0 Å². The number of carbonyl (C=O) groups is 2. The smallest absolute Gasteiger partial charge is 0.227 e. The Balaban J connectivity index is 3.49. The van der Waals surface area contributed by atoms with E-state index in [0.717, 1.165) is 6.92 Å². The molecule has 0 heterocycles. The minimum Gasteiger partial charge on any atom is -0.291 e. The average molecular weight is 117 g/mol. The first-order valence-electron chi connectivity index (χ1n) is 1.97. The van der Waals surface area contributed by atoms with Crippen molar-refractivity contribution in [2.45, 2.75) is 6.92 Å². The van der Waals surface area contributed by atoms with E-state index in [4.69, 9.17) is 0 Å². The second kappa shape index (κ2) is 3.29. The fourth-order valence-corrected chi connectivity index (χ4v) is 0.155. The first kappa shape index (κ1) is 7.26. The molecule has 0 saturated carbocycles. The van der Waals surface area contributed by atoms with Crippen LogP contribution >= 0.6 is 0 Å². The van der Waals surface area contributed by atoms with Crippen LogP contribution in [0.1, 0.15) is 6.92 Å². The Labute approximate surface area is 46.0 Å². The van der Waals surface area contributed by atoms with Crippen LogP contribution in [-0.2, 0) is 19.7 Å². The predicted molar refractivity (Wildman–Crippen MR) is 22.3 cm³/mol. The number of ketones is 2. The van der Waals surface area contributed by atoms with Crippen molar-refractivity contribution < 1.29 is 19.7 Å². The van der Waals surface area contributed by atoms with Crippen LogP contribution in [0.5, 0.6) is 0 Å². The van der Waals surface area contributed by atoms with Gasteiger partial charge in [-0.1, -0.05) is 0 Å². The Morgan fingerprint density at radius 2 is 2.00 bits per heavy atom. The molecule has 0 atom stereocenters. The summed E-state index contributed by atoms with van der Waals surface area (Å²) in [5.74, 6) is -1.44. The Kier molecular flexibility index (Phi) is 2.98. The van der Waals surface area contributed by atoms with Crippen molar-refractivity contribution >= 4 is 11.6 Å². The summed E-state index contributed by atoms with van der Waals surface area (Å²) in [6.45, 7) is 0.427. The molecule has 0 saturated heterocycles. The molecule has 0 bridgehead atoms. The maximum absolute atomic E-state index is 10.1. The zero-order valence-electron chi connectivity index (χ0n) is 4.34. The van der Waals surface area contributed by atoms with Gasteiger partial charge in [0.1, 0.15) is 0 Å². The third-order valence-corrected chi connectivity index (χ3v) is 0.583. The van der Waals surface area contributed by atoms with Crippen molar-refractivity contribution in [3.8, 4) is 0 Å². The van der Waals surface area contributed by atoms with Crippen LogP contribution in [0.2, 0.25) is 0 Å². The molecule has 8 heavy (non-hydrogen) atoms. The molecule has 4 nitrogen and oxygen atoms in total. The monoisotopic (exact) mass is 117 g/mol. The Hall–Kier alpha value is -0.740. The maximum atomic E-state index is 10.1. The molecule has 0 amide bonds. The minimum absolute atomic E-state index is 0.652. The van der Waals surface area contributed by atoms with Gasteiger partial charge in [-0.15, -0.1) is 0 Å². The molecule has 45 valence electrons. The second-order valence-corrected chi connectivity index (χ2v) is 1.24. The van der Waals surface area contributed by atoms with E-state index in [0.29, 0.717) is 0 Å². The highest BCUT2D eigenvalue weighted by atomic mass is 17.1. The van der Waals surface area contributed by atoms with Gasteiger partial charge in [0.05, 0.1) is 0 Å². The molecule has 0 fully saturated rings. The molecule has 0 unspecified atom stereocenters. The fourth-order valence-electron chi connectivity index (χ4n) is 0.155. The highest BCUT2D eigenvalue weighted by molar-refractivity contribution is 6.36. The Morgan fingerprint density at radius 3 is 2.12 bits per heavy atom. The first-order chi connectivity index (χ1) is 3.68. The van der Waals surface area contributed by atoms with Gasteiger partial charge >= 0.3 is 0 Å². The average Bonchev–Trinajstić information content (AvgIpc) is 1.67. The molecule has 0 aromatic carbocycles. The highest BCUT2D eigenvalue weighted by Crippen LogP contribution is 1.74. The van der Waals surface area contributed by atoms with E-state index in [-0.39, 0.29) is 0 Å². The number of rotatable bonds is 3. The third kappa shape index (κ3) is 2.44. The highest BCUT2D eigenvalue weighted by Gasteiger charge is 2.06. The zero-order valence-corrected chi connectivity index (χ0v) is 4.34. The van der Waals surface area contributed by atoms with E-state index < -0.39 is 18.2 Å². The summed E-state index contributed by atoms with van der Waals surface area (Å²) >= 11 is 0. The molecule has 0 rings (SSSR count). The molecule has 1 radical (unpaired) electrons. The predicted octanol–water partition coefficient (Wildman–Crippen LogP) is -0.493.